The van der Waals surface area contributed by atoms with Gasteiger partial charge in [-0.2, -0.15) is 0 Å². The molecule has 3 heterocycles. The average molecular weight is 379 g/mol. The highest BCUT2D eigenvalue weighted by atomic mass is 35.5. The minimum absolute atomic E-state index is 0.0248. The summed E-state index contributed by atoms with van der Waals surface area (Å²) >= 11 is 6.04. The zero-order valence-electron chi connectivity index (χ0n) is 14.0. The second kappa shape index (κ2) is 6.68. The molecule has 1 aromatic rings. The fraction of sp³-hybridized carbons (Fsp3) is 0.471. The molecule has 4 rings (SSSR count). The first-order valence-corrected chi connectivity index (χ1v) is 8.93. The van der Waals surface area contributed by atoms with Crippen molar-refractivity contribution in [2.75, 3.05) is 26.2 Å². The van der Waals surface area contributed by atoms with Crippen molar-refractivity contribution < 1.29 is 19.1 Å². The number of hydrogen-bond donors (Lipinski definition) is 2. The lowest BCUT2D eigenvalue weighted by Gasteiger charge is -2.28. The Bertz CT molecular complexity index is 747. The molecular weight excluding hydrogens is 360 g/mol. The van der Waals surface area contributed by atoms with E-state index in [2.05, 4.69) is 10.6 Å². The van der Waals surface area contributed by atoms with Crippen LogP contribution in [-0.2, 0) is 16.1 Å². The summed E-state index contributed by atoms with van der Waals surface area (Å²) in [4.78, 5) is 39.7. The van der Waals surface area contributed by atoms with Crippen molar-refractivity contribution in [3.8, 4) is 5.75 Å². The fourth-order valence-corrected chi connectivity index (χ4v) is 3.84. The summed E-state index contributed by atoms with van der Waals surface area (Å²) in [5, 5.41) is 6.12. The summed E-state index contributed by atoms with van der Waals surface area (Å²) < 4.78 is 5.67. The molecular formula is C17H19ClN4O4. The number of benzene rings is 1. The van der Waals surface area contributed by atoms with Crippen LogP contribution in [0.4, 0.5) is 4.79 Å². The number of rotatable bonds is 1. The van der Waals surface area contributed by atoms with Crippen LogP contribution in [-0.4, -0.2) is 66.0 Å². The number of piperazine rings is 1. The molecule has 1 aromatic carbocycles. The van der Waals surface area contributed by atoms with Crippen molar-refractivity contribution in [2.24, 2.45) is 0 Å². The number of hydrogen-bond acceptors (Lipinski definition) is 4. The van der Waals surface area contributed by atoms with Crippen LogP contribution in [0.25, 0.3) is 0 Å². The summed E-state index contributed by atoms with van der Waals surface area (Å²) in [5.74, 6) is 0.455. The van der Waals surface area contributed by atoms with Crippen LogP contribution in [0.2, 0.25) is 5.02 Å². The predicted octanol–water partition coefficient (Wildman–Crippen LogP) is 0.343. The lowest BCUT2D eigenvalue weighted by Crippen LogP contribution is -2.55. The molecule has 3 aliphatic heterocycles. The Kier molecular flexibility index (Phi) is 4.36. The van der Waals surface area contributed by atoms with Gasteiger partial charge in [0.2, 0.25) is 11.8 Å². The molecule has 0 aliphatic carbocycles. The fourth-order valence-electron chi connectivity index (χ4n) is 3.65. The molecule has 26 heavy (non-hydrogen) atoms. The molecule has 0 saturated carbocycles. The van der Waals surface area contributed by atoms with E-state index in [-0.39, 0.29) is 30.4 Å². The SMILES string of the molecule is O=C1NCC(=O)N2C[C@H](NC(=O)N3CCOc4ccc(Cl)cc4C3)C[C@@H]12. The number of halogens is 1. The van der Waals surface area contributed by atoms with Crippen molar-refractivity contribution in [3.63, 3.8) is 0 Å². The molecule has 0 aromatic heterocycles. The maximum Gasteiger partial charge on any atom is 0.318 e. The Hall–Kier alpha value is -2.48. The third-order valence-corrected chi connectivity index (χ3v) is 5.19. The molecule has 4 amide bonds. The number of urea groups is 1. The smallest absolute Gasteiger partial charge is 0.318 e. The van der Waals surface area contributed by atoms with Gasteiger partial charge in [0.05, 0.1) is 25.7 Å². The van der Waals surface area contributed by atoms with Gasteiger partial charge in [-0.05, 0) is 24.6 Å². The lowest BCUT2D eigenvalue weighted by atomic mass is 10.1. The first-order valence-electron chi connectivity index (χ1n) is 8.55. The number of amides is 4. The van der Waals surface area contributed by atoms with Crippen LogP contribution in [0.1, 0.15) is 12.0 Å². The molecule has 2 saturated heterocycles. The maximum atomic E-state index is 12.7. The number of carbonyl (C=O) groups excluding carboxylic acids is 3. The summed E-state index contributed by atoms with van der Waals surface area (Å²) in [6, 6.07) is 4.38. The van der Waals surface area contributed by atoms with Crippen molar-refractivity contribution in [3.05, 3.63) is 28.8 Å². The quantitative estimate of drug-likeness (QED) is 0.737. The van der Waals surface area contributed by atoms with E-state index in [4.69, 9.17) is 16.3 Å². The normalized spacial score (nSPS) is 25.0. The second-order valence-corrected chi connectivity index (χ2v) is 7.12. The molecule has 0 unspecified atom stereocenters. The van der Waals surface area contributed by atoms with Crippen molar-refractivity contribution in [2.45, 2.75) is 25.0 Å². The van der Waals surface area contributed by atoms with Crippen molar-refractivity contribution in [1.29, 1.82) is 0 Å². The van der Waals surface area contributed by atoms with Crippen LogP contribution in [0, 0.1) is 0 Å². The standard InChI is InChI=1S/C17H19ClN4O4/c18-11-1-2-14-10(5-11)8-21(3-4-26-14)17(25)20-12-6-13-16(24)19-7-15(23)22(13)9-12/h1-2,5,12-13H,3-4,6-9H2,(H,19,24)(H,20,25)/t12-,13+/m1/s1. The Balaban J connectivity index is 1.42. The van der Waals surface area contributed by atoms with E-state index < -0.39 is 6.04 Å². The predicted molar refractivity (Wildman–Crippen MR) is 92.8 cm³/mol. The largest absolute Gasteiger partial charge is 0.491 e. The molecule has 8 nitrogen and oxygen atoms in total. The van der Waals surface area contributed by atoms with Gasteiger partial charge in [-0.1, -0.05) is 11.6 Å². The molecule has 9 heteroatoms. The van der Waals surface area contributed by atoms with E-state index in [1.165, 1.54) is 0 Å². The van der Waals surface area contributed by atoms with E-state index >= 15 is 0 Å². The van der Waals surface area contributed by atoms with Crippen molar-refractivity contribution in [1.82, 2.24) is 20.4 Å². The van der Waals surface area contributed by atoms with Crippen LogP contribution >= 0.6 is 11.6 Å². The summed E-state index contributed by atoms with van der Waals surface area (Å²) in [7, 11) is 0. The highest BCUT2D eigenvalue weighted by Gasteiger charge is 2.43. The Morgan fingerprint density at radius 1 is 1.35 bits per heavy atom. The van der Waals surface area contributed by atoms with Crippen molar-refractivity contribution >= 4 is 29.4 Å². The highest BCUT2D eigenvalue weighted by molar-refractivity contribution is 6.30. The van der Waals surface area contributed by atoms with E-state index in [0.29, 0.717) is 37.7 Å². The summed E-state index contributed by atoms with van der Waals surface area (Å²) in [6.07, 6.45) is 0.427. The zero-order valence-corrected chi connectivity index (χ0v) is 14.8. The van der Waals surface area contributed by atoms with Crippen LogP contribution in [0.3, 0.4) is 0 Å². The molecule has 2 fully saturated rings. The lowest BCUT2D eigenvalue weighted by molar-refractivity contribution is -0.143. The van der Waals surface area contributed by atoms with Gasteiger partial charge in [-0.15, -0.1) is 0 Å². The molecule has 138 valence electrons. The first-order chi connectivity index (χ1) is 12.5. The Labute approximate surface area is 155 Å². The maximum absolute atomic E-state index is 12.7. The molecule has 3 aliphatic rings. The number of nitrogens with zero attached hydrogens (tertiary/aromatic N) is 2. The molecule has 0 spiro atoms. The van der Waals surface area contributed by atoms with Gasteiger partial charge in [0, 0.05) is 17.1 Å². The zero-order chi connectivity index (χ0) is 18.3. The highest BCUT2D eigenvalue weighted by Crippen LogP contribution is 2.27. The number of carbonyl (C=O) groups is 3. The average Bonchev–Trinajstić information content (AvgIpc) is 2.92. The third-order valence-electron chi connectivity index (χ3n) is 4.96. The van der Waals surface area contributed by atoms with Gasteiger partial charge >= 0.3 is 6.03 Å². The number of fused-ring (bicyclic) bond motifs is 2. The minimum Gasteiger partial charge on any atom is -0.491 e. The van der Waals surface area contributed by atoms with E-state index in [1.54, 1.807) is 28.0 Å². The summed E-state index contributed by atoms with van der Waals surface area (Å²) in [6.45, 7) is 1.60. The van der Waals surface area contributed by atoms with E-state index in [0.717, 1.165) is 11.3 Å². The molecule has 2 N–H and O–H groups in total. The first kappa shape index (κ1) is 17.0. The van der Waals surface area contributed by atoms with Crippen LogP contribution in [0.5, 0.6) is 5.75 Å². The third kappa shape index (κ3) is 3.16. The second-order valence-electron chi connectivity index (χ2n) is 6.68. The van der Waals surface area contributed by atoms with Gasteiger partial charge in [0.15, 0.2) is 0 Å². The topological polar surface area (TPSA) is 91.0 Å². The number of nitrogens with one attached hydrogen (secondary N) is 2. The van der Waals surface area contributed by atoms with Gasteiger partial charge in [0.1, 0.15) is 18.4 Å². The van der Waals surface area contributed by atoms with Gasteiger partial charge in [-0.3, -0.25) is 9.59 Å². The van der Waals surface area contributed by atoms with Gasteiger partial charge in [0.25, 0.3) is 0 Å². The van der Waals surface area contributed by atoms with E-state index in [1.807, 2.05) is 0 Å². The van der Waals surface area contributed by atoms with Crippen LogP contribution < -0.4 is 15.4 Å². The van der Waals surface area contributed by atoms with Gasteiger partial charge < -0.3 is 25.2 Å². The minimum atomic E-state index is -0.492. The Morgan fingerprint density at radius 3 is 3.00 bits per heavy atom. The van der Waals surface area contributed by atoms with Gasteiger partial charge in [-0.25, -0.2) is 4.79 Å². The monoisotopic (exact) mass is 378 g/mol. The molecule has 0 bridgehead atoms. The Morgan fingerprint density at radius 2 is 2.19 bits per heavy atom. The van der Waals surface area contributed by atoms with E-state index in [9.17, 15) is 14.4 Å². The number of ether oxygens (including phenoxy) is 1. The summed E-state index contributed by atoms with van der Waals surface area (Å²) in [5.41, 5.74) is 0.851. The molecule has 0 radical (unpaired) electrons. The van der Waals surface area contributed by atoms with Crippen LogP contribution in [0.15, 0.2) is 18.2 Å². The molecule has 2 atom stereocenters.